The number of carbonyl (C=O) groups excluding carboxylic acids is 3. The van der Waals surface area contributed by atoms with Crippen LogP contribution >= 0.6 is 11.8 Å². The zero-order chi connectivity index (χ0) is 19.7. The smallest absolute Gasteiger partial charge is 0.323 e. The molecule has 1 aromatic rings. The highest BCUT2D eigenvalue weighted by atomic mass is 32.2. The molecule has 6 nitrogen and oxygen atoms in total. The van der Waals surface area contributed by atoms with Crippen LogP contribution in [0.5, 0.6) is 0 Å². The summed E-state index contributed by atoms with van der Waals surface area (Å²) < 4.78 is 15.0. The summed E-state index contributed by atoms with van der Waals surface area (Å²) in [7, 11) is 0. The van der Waals surface area contributed by atoms with Crippen molar-refractivity contribution in [1.82, 2.24) is 4.90 Å². The zero-order valence-electron chi connectivity index (χ0n) is 15.4. The van der Waals surface area contributed by atoms with Gasteiger partial charge in [-0.15, -0.1) is 11.8 Å². The zero-order valence-corrected chi connectivity index (χ0v) is 16.2. The number of amides is 4. The van der Waals surface area contributed by atoms with Crippen LogP contribution in [-0.2, 0) is 9.59 Å². The number of hydrogen-bond acceptors (Lipinski definition) is 4. The van der Waals surface area contributed by atoms with Crippen LogP contribution in [0.2, 0.25) is 0 Å². The van der Waals surface area contributed by atoms with Crippen molar-refractivity contribution in [2.24, 2.45) is 5.92 Å². The summed E-state index contributed by atoms with van der Waals surface area (Å²) in [6.07, 6.45) is 1.69. The number of allylic oxidation sites excluding steroid dienone is 1. The van der Waals surface area contributed by atoms with E-state index in [0.717, 1.165) is 0 Å². The van der Waals surface area contributed by atoms with Gasteiger partial charge in [-0.25, -0.2) is 9.18 Å². The number of nitrogens with one attached hydrogen (secondary N) is 1. The van der Waals surface area contributed by atoms with E-state index in [0.29, 0.717) is 23.5 Å². The Morgan fingerprint density at radius 1 is 1.37 bits per heavy atom. The Morgan fingerprint density at radius 3 is 2.78 bits per heavy atom. The molecule has 2 aliphatic rings. The molecular weight excluding hydrogens is 369 g/mol. The summed E-state index contributed by atoms with van der Waals surface area (Å²) in [4.78, 5) is 39.1. The number of aryl methyl sites for hydroxylation is 1. The highest BCUT2D eigenvalue weighted by Crippen LogP contribution is 2.28. The normalized spacial score (nSPS) is 19.1. The number of thioether (sulfide) groups is 1. The Morgan fingerprint density at radius 2 is 2.11 bits per heavy atom. The van der Waals surface area contributed by atoms with Crippen LogP contribution in [0, 0.1) is 18.7 Å². The maximum Gasteiger partial charge on any atom is 0.501 e. The number of rotatable bonds is 5. The predicted octanol–water partition coefficient (Wildman–Crippen LogP) is 2.77. The summed E-state index contributed by atoms with van der Waals surface area (Å²) in [6.45, 7) is 5.52. The number of urea groups is 1. The first-order chi connectivity index (χ1) is 12.8. The third kappa shape index (κ3) is 3.95. The van der Waals surface area contributed by atoms with Gasteiger partial charge in [-0.2, -0.15) is 14.3 Å². The highest BCUT2D eigenvalue weighted by molar-refractivity contribution is 8.04. The highest BCUT2D eigenvalue weighted by Gasteiger charge is 2.49. The molecule has 0 bridgehead atoms. The average Bonchev–Trinajstić information content (AvgIpc) is 3.08. The largest absolute Gasteiger partial charge is 0.501 e. The van der Waals surface area contributed by atoms with Crippen molar-refractivity contribution in [3.8, 4) is 0 Å². The monoisotopic (exact) mass is 390 g/mol. The standard InChI is InChI=1S/C19H20FN3O3S/c1-11(2)9-23-18(25)17-15(6-7-27-17)22(19(23)26)10-16(24)21-13-5-4-12(3)14(20)8-13/h4-8,11,17H,9-10H2,1-3H3/p+1. The molecule has 3 rings (SSSR count). The van der Waals surface area contributed by atoms with Crippen molar-refractivity contribution >= 4 is 41.0 Å². The van der Waals surface area contributed by atoms with Crippen LogP contribution in [0.4, 0.5) is 14.9 Å². The fourth-order valence-electron chi connectivity index (χ4n) is 2.96. The third-order valence-corrected chi connectivity index (χ3v) is 5.30. The van der Waals surface area contributed by atoms with E-state index in [2.05, 4.69) is 5.32 Å². The van der Waals surface area contributed by atoms with Crippen molar-refractivity contribution in [3.63, 3.8) is 0 Å². The first-order valence-electron chi connectivity index (χ1n) is 8.65. The van der Waals surface area contributed by atoms with E-state index < -0.39 is 23.0 Å². The summed E-state index contributed by atoms with van der Waals surface area (Å²) in [6, 6.07) is 3.91. The Bertz CT molecular complexity index is 879. The van der Waals surface area contributed by atoms with E-state index in [1.165, 1.54) is 27.3 Å². The molecule has 8 heteroatoms. The lowest BCUT2D eigenvalue weighted by Crippen LogP contribution is -2.57. The van der Waals surface area contributed by atoms with E-state index >= 15 is 0 Å². The number of imide groups is 1. The maximum atomic E-state index is 13.7. The number of fused-ring (bicyclic) bond motifs is 1. The Hall–Kier alpha value is -2.48. The van der Waals surface area contributed by atoms with Crippen LogP contribution < -0.4 is 5.32 Å². The minimum atomic E-state index is -0.508. The van der Waals surface area contributed by atoms with Crippen LogP contribution in [-0.4, -0.2) is 51.4 Å². The van der Waals surface area contributed by atoms with Crippen LogP contribution in [0.1, 0.15) is 19.4 Å². The molecule has 1 unspecified atom stereocenters. The number of anilines is 1. The maximum absolute atomic E-state index is 13.7. The topological polar surface area (TPSA) is 69.5 Å². The molecule has 0 spiro atoms. The van der Waals surface area contributed by atoms with Gasteiger partial charge in [0.25, 0.3) is 5.91 Å². The van der Waals surface area contributed by atoms with Gasteiger partial charge in [-0.1, -0.05) is 19.9 Å². The van der Waals surface area contributed by atoms with Crippen molar-refractivity contribution in [2.75, 3.05) is 18.4 Å². The Kier molecular flexibility index (Phi) is 5.46. The molecule has 4 amide bonds. The summed E-state index contributed by atoms with van der Waals surface area (Å²) in [5.74, 6) is -1.01. The van der Waals surface area contributed by atoms with Gasteiger partial charge in [0.2, 0.25) is 0 Å². The minimum Gasteiger partial charge on any atom is -0.323 e. The minimum absolute atomic E-state index is 0.116. The van der Waals surface area contributed by atoms with Gasteiger partial charge in [-0.3, -0.25) is 4.79 Å². The number of benzene rings is 1. The molecule has 27 heavy (non-hydrogen) atoms. The average molecular weight is 390 g/mol. The first kappa shape index (κ1) is 19.3. The molecule has 1 aromatic carbocycles. The number of hydrogen-bond donors (Lipinski definition) is 1. The van der Waals surface area contributed by atoms with Crippen molar-refractivity contribution in [2.45, 2.75) is 26.0 Å². The quantitative estimate of drug-likeness (QED) is 0.785. The van der Waals surface area contributed by atoms with E-state index in [1.807, 2.05) is 13.8 Å². The third-order valence-electron chi connectivity index (χ3n) is 4.29. The molecule has 0 saturated carbocycles. The molecule has 1 atom stereocenters. The van der Waals surface area contributed by atoms with E-state index in [-0.39, 0.29) is 18.4 Å². The lowest BCUT2D eigenvalue weighted by molar-refractivity contribution is -0.426. The van der Waals surface area contributed by atoms with E-state index in [1.54, 1.807) is 30.5 Å². The van der Waals surface area contributed by atoms with Crippen LogP contribution in [0.3, 0.4) is 0 Å². The van der Waals surface area contributed by atoms with Crippen LogP contribution in [0.15, 0.2) is 29.7 Å². The Balaban J connectivity index is 1.82. The SMILES string of the molecule is Cc1ccc(NC(=O)C[N+]2=C3C=CSC3C(=O)N(CC(C)C)C2=O)cc1F. The lowest BCUT2D eigenvalue weighted by atomic mass is 10.1. The first-order valence-corrected chi connectivity index (χ1v) is 9.60. The second-order valence-corrected chi connectivity index (χ2v) is 7.98. The number of halogens is 1. The molecule has 2 aliphatic heterocycles. The lowest BCUT2D eigenvalue weighted by Gasteiger charge is -2.25. The van der Waals surface area contributed by atoms with Crippen molar-refractivity contribution < 1.29 is 23.3 Å². The van der Waals surface area contributed by atoms with Crippen molar-refractivity contribution in [3.05, 3.63) is 41.1 Å². The molecule has 0 saturated heterocycles. The molecular formula is C19H21FN3O3S+. The molecule has 2 heterocycles. The van der Waals surface area contributed by atoms with Gasteiger partial charge in [0, 0.05) is 5.69 Å². The molecule has 0 fully saturated rings. The molecule has 0 radical (unpaired) electrons. The van der Waals surface area contributed by atoms with Gasteiger partial charge in [0.05, 0.1) is 6.54 Å². The predicted molar refractivity (Wildman–Crippen MR) is 102 cm³/mol. The van der Waals surface area contributed by atoms with Crippen LogP contribution in [0.25, 0.3) is 0 Å². The van der Waals surface area contributed by atoms with E-state index in [9.17, 15) is 18.8 Å². The molecule has 1 N–H and O–H groups in total. The Labute approximate surface area is 161 Å². The van der Waals surface area contributed by atoms with Gasteiger partial charge in [0.1, 0.15) is 11.5 Å². The second-order valence-electron chi connectivity index (χ2n) is 6.97. The fourth-order valence-corrected chi connectivity index (χ4v) is 3.92. The van der Waals surface area contributed by atoms with Gasteiger partial charge >= 0.3 is 11.9 Å². The van der Waals surface area contributed by atoms with Gasteiger partial charge < -0.3 is 5.32 Å². The summed E-state index contributed by atoms with van der Waals surface area (Å²) in [5.41, 5.74) is 1.31. The number of carbonyl (C=O) groups is 3. The van der Waals surface area contributed by atoms with Gasteiger partial charge in [-0.05, 0) is 42.0 Å². The van der Waals surface area contributed by atoms with E-state index in [4.69, 9.17) is 0 Å². The molecule has 0 aliphatic carbocycles. The van der Waals surface area contributed by atoms with Crippen molar-refractivity contribution in [1.29, 1.82) is 0 Å². The molecule has 142 valence electrons. The number of nitrogens with zero attached hydrogens (tertiary/aromatic N) is 2. The fraction of sp³-hybridized carbons (Fsp3) is 0.368. The summed E-state index contributed by atoms with van der Waals surface area (Å²) >= 11 is 1.32. The molecule has 0 aromatic heterocycles. The summed E-state index contributed by atoms with van der Waals surface area (Å²) in [5, 5.41) is 3.85. The second kappa shape index (κ2) is 7.64. The van der Waals surface area contributed by atoms with Gasteiger partial charge in [0.15, 0.2) is 11.8 Å².